The first-order valence-corrected chi connectivity index (χ1v) is 10.3. The number of hydrogen-bond donors (Lipinski definition) is 1. The molecule has 2 aromatic rings. The highest BCUT2D eigenvalue weighted by atomic mass is 32.1. The number of thiophene rings is 1. The third kappa shape index (κ3) is 5.14. The molecular formula is C21H24N2O5S. The van der Waals surface area contributed by atoms with E-state index in [1.165, 1.54) is 25.6 Å². The zero-order valence-electron chi connectivity index (χ0n) is 16.5. The third-order valence-electron chi connectivity index (χ3n) is 5.01. The molecule has 1 aromatic carbocycles. The number of nitrogens with zero attached hydrogens (tertiary/aromatic N) is 1. The fourth-order valence-corrected chi connectivity index (χ4v) is 3.93. The number of hydrogen-bond acceptors (Lipinski definition) is 6. The largest absolute Gasteiger partial charge is 0.497 e. The molecule has 1 fully saturated rings. The zero-order chi connectivity index (χ0) is 20.8. The minimum atomic E-state index is -0.446. The van der Waals surface area contributed by atoms with Crippen molar-refractivity contribution in [1.29, 1.82) is 0 Å². The van der Waals surface area contributed by atoms with Crippen molar-refractivity contribution in [2.75, 3.05) is 33.9 Å². The molecule has 1 aliphatic heterocycles. The first-order chi connectivity index (χ1) is 14.0. The smallest absolute Gasteiger partial charge is 0.295 e. The topological polar surface area (TPSA) is 84.9 Å². The van der Waals surface area contributed by atoms with Crippen LogP contribution >= 0.6 is 11.3 Å². The van der Waals surface area contributed by atoms with E-state index in [1.807, 2.05) is 0 Å². The number of rotatable bonds is 7. The minimum Gasteiger partial charge on any atom is -0.497 e. The number of methoxy groups -OCH3 is 2. The lowest BCUT2D eigenvalue weighted by molar-refractivity contribution is -0.127. The molecule has 0 unspecified atom stereocenters. The van der Waals surface area contributed by atoms with Crippen molar-refractivity contribution < 1.29 is 23.9 Å². The molecule has 154 valence electrons. The highest BCUT2D eigenvalue weighted by Crippen LogP contribution is 2.23. The van der Waals surface area contributed by atoms with Gasteiger partial charge in [-0.15, -0.1) is 11.3 Å². The summed E-state index contributed by atoms with van der Waals surface area (Å²) < 4.78 is 10.4. The summed E-state index contributed by atoms with van der Waals surface area (Å²) in [6.45, 7) is 1.55. The van der Waals surface area contributed by atoms with Gasteiger partial charge in [-0.25, -0.2) is 0 Å². The first-order valence-electron chi connectivity index (χ1n) is 9.40. The van der Waals surface area contributed by atoms with Crippen molar-refractivity contribution in [3.8, 4) is 11.5 Å². The molecular weight excluding hydrogens is 392 g/mol. The van der Waals surface area contributed by atoms with Crippen LogP contribution in [0.25, 0.3) is 0 Å². The molecule has 0 bridgehead atoms. The van der Waals surface area contributed by atoms with Crippen LogP contribution < -0.4 is 14.8 Å². The van der Waals surface area contributed by atoms with Gasteiger partial charge in [0.2, 0.25) is 0 Å². The number of carbonyl (C=O) groups excluding carboxylic acids is 3. The van der Waals surface area contributed by atoms with E-state index < -0.39 is 11.7 Å². The fourth-order valence-electron chi connectivity index (χ4n) is 3.27. The molecule has 3 rings (SSSR count). The van der Waals surface area contributed by atoms with Crippen molar-refractivity contribution in [2.24, 2.45) is 5.92 Å². The van der Waals surface area contributed by atoms with Gasteiger partial charge in [-0.05, 0) is 42.3 Å². The molecule has 8 heteroatoms. The Kier molecular flexibility index (Phi) is 6.87. The van der Waals surface area contributed by atoms with Gasteiger partial charge in [0.1, 0.15) is 11.5 Å². The number of piperidine rings is 1. The predicted octanol–water partition coefficient (Wildman–Crippen LogP) is 2.62. The van der Waals surface area contributed by atoms with Gasteiger partial charge in [-0.3, -0.25) is 14.4 Å². The SMILES string of the molecule is COc1cc(OC)cc(C(=O)NCC2CCN(C(=O)C(=O)c3cccs3)CC2)c1. The fraction of sp³-hybridized carbons (Fsp3) is 0.381. The van der Waals surface area contributed by atoms with E-state index in [1.54, 1.807) is 40.6 Å². The molecule has 1 aliphatic rings. The monoisotopic (exact) mass is 416 g/mol. The molecule has 29 heavy (non-hydrogen) atoms. The van der Waals surface area contributed by atoms with Crippen molar-refractivity contribution in [2.45, 2.75) is 12.8 Å². The molecule has 0 spiro atoms. The zero-order valence-corrected chi connectivity index (χ0v) is 17.3. The maximum Gasteiger partial charge on any atom is 0.295 e. The second kappa shape index (κ2) is 9.56. The molecule has 2 amide bonds. The van der Waals surface area contributed by atoms with Gasteiger partial charge in [-0.1, -0.05) is 6.07 Å². The molecule has 1 aromatic heterocycles. The van der Waals surface area contributed by atoms with Gasteiger partial charge >= 0.3 is 0 Å². The van der Waals surface area contributed by atoms with E-state index in [9.17, 15) is 14.4 Å². The van der Waals surface area contributed by atoms with Gasteiger partial charge < -0.3 is 19.7 Å². The van der Waals surface area contributed by atoms with Crippen LogP contribution in [0.3, 0.4) is 0 Å². The number of likely N-dealkylation sites (tertiary alicyclic amines) is 1. The molecule has 1 N–H and O–H groups in total. The maximum atomic E-state index is 12.5. The van der Waals surface area contributed by atoms with Gasteiger partial charge in [0.15, 0.2) is 0 Å². The van der Waals surface area contributed by atoms with Crippen molar-refractivity contribution >= 4 is 28.9 Å². The molecule has 0 radical (unpaired) electrons. The number of ketones is 1. The van der Waals surface area contributed by atoms with Gasteiger partial charge in [-0.2, -0.15) is 0 Å². The molecule has 2 heterocycles. The Labute approximate surface area is 173 Å². The second-order valence-corrected chi connectivity index (χ2v) is 7.80. The van der Waals surface area contributed by atoms with Crippen molar-refractivity contribution in [1.82, 2.24) is 10.2 Å². The molecule has 1 saturated heterocycles. The minimum absolute atomic E-state index is 0.200. The van der Waals surface area contributed by atoms with E-state index in [-0.39, 0.29) is 11.8 Å². The number of Topliss-reactive ketones (excluding diaryl/α,β-unsaturated/α-hetero) is 1. The normalized spacial score (nSPS) is 14.3. The van der Waals surface area contributed by atoms with Crippen LogP contribution in [0.15, 0.2) is 35.7 Å². The van der Waals surface area contributed by atoms with Crippen LogP contribution in [-0.4, -0.2) is 56.4 Å². The maximum absolute atomic E-state index is 12.5. The Morgan fingerprint density at radius 1 is 1.10 bits per heavy atom. The third-order valence-corrected chi connectivity index (χ3v) is 5.87. The average molecular weight is 416 g/mol. The second-order valence-electron chi connectivity index (χ2n) is 6.85. The average Bonchev–Trinajstić information content (AvgIpc) is 3.31. The summed E-state index contributed by atoms with van der Waals surface area (Å²) in [7, 11) is 3.07. The highest BCUT2D eigenvalue weighted by Gasteiger charge is 2.28. The number of benzene rings is 1. The summed E-state index contributed by atoms with van der Waals surface area (Å²) in [5.41, 5.74) is 0.468. The van der Waals surface area contributed by atoms with E-state index >= 15 is 0 Å². The van der Waals surface area contributed by atoms with Crippen LogP contribution in [0.2, 0.25) is 0 Å². The van der Waals surface area contributed by atoms with Crippen LogP contribution in [0, 0.1) is 5.92 Å². The summed E-state index contributed by atoms with van der Waals surface area (Å²) in [4.78, 5) is 39.1. The molecule has 0 saturated carbocycles. The predicted molar refractivity (Wildman–Crippen MR) is 110 cm³/mol. The van der Waals surface area contributed by atoms with E-state index in [4.69, 9.17) is 9.47 Å². The summed E-state index contributed by atoms with van der Waals surface area (Å²) in [5, 5.41) is 4.73. The summed E-state index contributed by atoms with van der Waals surface area (Å²) in [5.74, 6) is 0.270. The Hall–Kier alpha value is -2.87. The van der Waals surface area contributed by atoms with Gasteiger partial charge in [0.05, 0.1) is 19.1 Å². The van der Waals surface area contributed by atoms with E-state index in [0.717, 1.165) is 12.8 Å². The number of ether oxygens (including phenoxy) is 2. The van der Waals surface area contributed by atoms with Crippen LogP contribution in [0.4, 0.5) is 0 Å². The first kappa shape index (κ1) is 20.9. The summed E-state index contributed by atoms with van der Waals surface area (Å²) in [6.07, 6.45) is 1.48. The van der Waals surface area contributed by atoms with E-state index in [2.05, 4.69) is 5.32 Å². The van der Waals surface area contributed by atoms with Gasteiger partial charge in [0.25, 0.3) is 17.6 Å². The number of carbonyl (C=O) groups is 3. The van der Waals surface area contributed by atoms with Crippen LogP contribution in [-0.2, 0) is 4.79 Å². The Morgan fingerprint density at radius 2 is 1.76 bits per heavy atom. The Bertz CT molecular complexity index is 851. The quantitative estimate of drug-likeness (QED) is 0.554. The van der Waals surface area contributed by atoms with Crippen molar-refractivity contribution in [3.05, 3.63) is 46.2 Å². The summed E-state index contributed by atoms with van der Waals surface area (Å²) >= 11 is 1.28. The highest BCUT2D eigenvalue weighted by molar-refractivity contribution is 7.13. The standard InChI is InChI=1S/C21H24N2O5S/c1-27-16-10-15(11-17(12-16)28-2)20(25)22-13-14-5-7-23(8-6-14)21(26)19(24)18-4-3-9-29-18/h3-4,9-12,14H,5-8,13H2,1-2H3,(H,22,25). The molecule has 7 nitrogen and oxygen atoms in total. The molecule has 0 aliphatic carbocycles. The Morgan fingerprint density at radius 3 is 2.31 bits per heavy atom. The number of nitrogens with one attached hydrogen (secondary N) is 1. The lowest BCUT2D eigenvalue weighted by Crippen LogP contribution is -2.44. The van der Waals surface area contributed by atoms with Crippen LogP contribution in [0.1, 0.15) is 32.9 Å². The molecule has 0 atom stereocenters. The van der Waals surface area contributed by atoms with Crippen LogP contribution in [0.5, 0.6) is 11.5 Å². The lowest BCUT2D eigenvalue weighted by atomic mass is 9.96. The van der Waals surface area contributed by atoms with Gasteiger partial charge in [0, 0.05) is 31.3 Å². The van der Waals surface area contributed by atoms with E-state index in [0.29, 0.717) is 41.6 Å². The van der Waals surface area contributed by atoms with Crippen molar-refractivity contribution in [3.63, 3.8) is 0 Å². The lowest BCUT2D eigenvalue weighted by Gasteiger charge is -2.31. The summed E-state index contributed by atoms with van der Waals surface area (Å²) in [6, 6.07) is 8.46. The number of amides is 2. The Balaban J connectivity index is 1.49.